The number of carbonyl (C=O) groups excluding carboxylic acids is 1. The van der Waals surface area contributed by atoms with E-state index in [1.807, 2.05) is 6.92 Å². The zero-order valence-corrected chi connectivity index (χ0v) is 12.5. The Bertz CT molecular complexity index is 403. The largest absolute Gasteiger partial charge is 0.469 e. The highest BCUT2D eigenvalue weighted by atomic mass is 79.9. The Morgan fingerprint density at radius 2 is 2.00 bits per heavy atom. The molecule has 1 unspecified atom stereocenters. The fraction of sp³-hybridized carbons (Fsp3) is 0.364. The summed E-state index contributed by atoms with van der Waals surface area (Å²) in [5.41, 5.74) is 0.618. The number of benzene rings is 1. The molecule has 0 amide bonds. The molecule has 0 saturated heterocycles. The highest BCUT2D eigenvalue weighted by Crippen LogP contribution is 2.34. The Balaban J connectivity index is 2.78. The Labute approximate surface area is 119 Å². The molecule has 0 aliphatic rings. The first kappa shape index (κ1) is 14.6. The third-order valence-electron chi connectivity index (χ3n) is 2.10. The Kier molecular flexibility index (Phi) is 5.56. The van der Waals surface area contributed by atoms with E-state index in [9.17, 15) is 4.79 Å². The van der Waals surface area contributed by atoms with Gasteiger partial charge in [-0.05, 0) is 19.1 Å². The van der Waals surface area contributed by atoms with Crippen LogP contribution in [0.4, 0.5) is 5.69 Å². The van der Waals surface area contributed by atoms with Crippen molar-refractivity contribution in [3.8, 4) is 0 Å². The van der Waals surface area contributed by atoms with Crippen LogP contribution < -0.4 is 5.32 Å². The summed E-state index contributed by atoms with van der Waals surface area (Å²) < 4.78 is 5.39. The van der Waals surface area contributed by atoms with Crippen LogP contribution in [0.3, 0.4) is 0 Å². The van der Waals surface area contributed by atoms with Crippen molar-refractivity contribution in [1.29, 1.82) is 0 Å². The van der Waals surface area contributed by atoms with Crippen LogP contribution in [0.15, 0.2) is 16.6 Å². The van der Waals surface area contributed by atoms with Gasteiger partial charge in [0, 0.05) is 10.5 Å². The molecule has 0 aliphatic heterocycles. The standard InChI is InChI=1S/C11H12BrCl2NO2/c1-6(3-10(16)17-2)15-11-8(13)4-7(12)5-9(11)14/h4-6,15H,3H2,1-2H3. The number of hydrogen-bond donors (Lipinski definition) is 1. The maximum absolute atomic E-state index is 11.1. The molecule has 1 aromatic carbocycles. The van der Waals surface area contributed by atoms with E-state index in [0.717, 1.165) is 4.47 Å². The van der Waals surface area contributed by atoms with Gasteiger partial charge < -0.3 is 10.1 Å². The summed E-state index contributed by atoms with van der Waals surface area (Å²) in [7, 11) is 1.36. The molecule has 0 radical (unpaired) electrons. The molecule has 0 saturated carbocycles. The van der Waals surface area contributed by atoms with Crippen molar-refractivity contribution in [2.75, 3.05) is 12.4 Å². The van der Waals surface area contributed by atoms with Gasteiger partial charge in [0.1, 0.15) is 0 Å². The zero-order valence-electron chi connectivity index (χ0n) is 9.39. The zero-order chi connectivity index (χ0) is 13.0. The van der Waals surface area contributed by atoms with Gasteiger partial charge in [0.25, 0.3) is 0 Å². The number of anilines is 1. The second-order valence-corrected chi connectivity index (χ2v) is 5.30. The second kappa shape index (κ2) is 6.47. The number of esters is 1. The molecule has 0 heterocycles. The summed E-state index contributed by atoms with van der Waals surface area (Å²) in [6, 6.07) is 3.36. The fourth-order valence-electron chi connectivity index (χ4n) is 1.31. The van der Waals surface area contributed by atoms with Crippen molar-refractivity contribution in [3.05, 3.63) is 26.7 Å². The number of nitrogens with one attached hydrogen (secondary N) is 1. The highest BCUT2D eigenvalue weighted by Gasteiger charge is 2.13. The number of ether oxygens (including phenoxy) is 1. The average Bonchev–Trinajstić information content (AvgIpc) is 2.23. The van der Waals surface area contributed by atoms with E-state index in [1.54, 1.807) is 12.1 Å². The number of methoxy groups -OCH3 is 1. The molecule has 1 N–H and O–H groups in total. The van der Waals surface area contributed by atoms with Crippen molar-refractivity contribution >= 4 is 50.8 Å². The molecular formula is C11H12BrCl2NO2. The number of carbonyl (C=O) groups is 1. The van der Waals surface area contributed by atoms with Gasteiger partial charge in [0.15, 0.2) is 0 Å². The lowest BCUT2D eigenvalue weighted by Crippen LogP contribution is -2.20. The molecule has 17 heavy (non-hydrogen) atoms. The average molecular weight is 341 g/mol. The highest BCUT2D eigenvalue weighted by molar-refractivity contribution is 9.10. The topological polar surface area (TPSA) is 38.3 Å². The first-order valence-corrected chi connectivity index (χ1v) is 6.46. The van der Waals surface area contributed by atoms with Crippen LogP contribution in [-0.2, 0) is 9.53 Å². The van der Waals surface area contributed by atoms with Crippen LogP contribution in [-0.4, -0.2) is 19.1 Å². The van der Waals surface area contributed by atoms with Crippen molar-refractivity contribution in [3.63, 3.8) is 0 Å². The minimum Gasteiger partial charge on any atom is -0.469 e. The van der Waals surface area contributed by atoms with Crippen molar-refractivity contribution in [2.24, 2.45) is 0 Å². The minimum absolute atomic E-state index is 0.112. The Morgan fingerprint density at radius 3 is 2.47 bits per heavy atom. The van der Waals surface area contributed by atoms with E-state index in [1.165, 1.54) is 7.11 Å². The SMILES string of the molecule is COC(=O)CC(C)Nc1c(Cl)cc(Br)cc1Cl. The van der Waals surface area contributed by atoms with E-state index >= 15 is 0 Å². The first-order chi connectivity index (χ1) is 7.93. The molecule has 0 aromatic heterocycles. The number of rotatable bonds is 4. The first-order valence-electron chi connectivity index (χ1n) is 4.92. The lowest BCUT2D eigenvalue weighted by molar-refractivity contribution is -0.140. The van der Waals surface area contributed by atoms with Crippen LogP contribution in [0.5, 0.6) is 0 Å². The van der Waals surface area contributed by atoms with E-state index < -0.39 is 0 Å². The third-order valence-corrected chi connectivity index (χ3v) is 3.15. The molecular weight excluding hydrogens is 329 g/mol. The monoisotopic (exact) mass is 339 g/mol. The molecule has 1 atom stereocenters. The number of hydrogen-bond acceptors (Lipinski definition) is 3. The molecule has 1 rings (SSSR count). The van der Waals surface area contributed by atoms with Gasteiger partial charge in [-0.2, -0.15) is 0 Å². The van der Waals surface area contributed by atoms with Gasteiger partial charge in [-0.3, -0.25) is 4.79 Å². The summed E-state index contributed by atoms with van der Waals surface area (Å²) in [5, 5.41) is 4.09. The maximum atomic E-state index is 11.1. The maximum Gasteiger partial charge on any atom is 0.307 e. The predicted molar refractivity (Wildman–Crippen MR) is 73.9 cm³/mol. The number of halogens is 3. The summed E-state index contributed by atoms with van der Waals surface area (Å²) in [4.78, 5) is 11.1. The molecule has 0 spiro atoms. The van der Waals surface area contributed by atoms with Gasteiger partial charge in [0.05, 0.1) is 29.3 Å². The molecule has 0 bridgehead atoms. The smallest absolute Gasteiger partial charge is 0.307 e. The summed E-state index contributed by atoms with van der Waals surface area (Å²) in [6.45, 7) is 1.85. The molecule has 6 heteroatoms. The van der Waals surface area contributed by atoms with Gasteiger partial charge >= 0.3 is 5.97 Å². The molecule has 0 aliphatic carbocycles. The lowest BCUT2D eigenvalue weighted by atomic mass is 10.2. The Morgan fingerprint density at radius 1 is 1.47 bits per heavy atom. The van der Waals surface area contributed by atoms with E-state index in [2.05, 4.69) is 26.0 Å². The van der Waals surface area contributed by atoms with Crippen LogP contribution in [0.2, 0.25) is 10.0 Å². The van der Waals surface area contributed by atoms with Gasteiger partial charge in [-0.1, -0.05) is 39.1 Å². The minimum atomic E-state index is -0.283. The van der Waals surface area contributed by atoms with Crippen molar-refractivity contribution in [1.82, 2.24) is 0 Å². The van der Waals surface area contributed by atoms with E-state index in [0.29, 0.717) is 15.7 Å². The second-order valence-electron chi connectivity index (χ2n) is 3.57. The summed E-state index contributed by atoms with van der Waals surface area (Å²) in [6.07, 6.45) is 0.249. The van der Waals surface area contributed by atoms with Crippen LogP contribution >= 0.6 is 39.1 Å². The van der Waals surface area contributed by atoms with Gasteiger partial charge in [-0.15, -0.1) is 0 Å². The van der Waals surface area contributed by atoms with Gasteiger partial charge in [-0.25, -0.2) is 0 Å². The van der Waals surface area contributed by atoms with Crippen LogP contribution in [0.1, 0.15) is 13.3 Å². The molecule has 3 nitrogen and oxygen atoms in total. The van der Waals surface area contributed by atoms with E-state index in [-0.39, 0.29) is 18.4 Å². The molecule has 94 valence electrons. The normalized spacial score (nSPS) is 12.1. The van der Waals surface area contributed by atoms with Crippen molar-refractivity contribution < 1.29 is 9.53 Å². The van der Waals surface area contributed by atoms with Crippen LogP contribution in [0, 0.1) is 0 Å². The van der Waals surface area contributed by atoms with E-state index in [4.69, 9.17) is 23.2 Å². The predicted octanol–water partition coefficient (Wildman–Crippen LogP) is 4.12. The summed E-state index contributed by atoms with van der Waals surface area (Å²) in [5.74, 6) is -0.283. The fourth-order valence-corrected chi connectivity index (χ4v) is 2.63. The lowest BCUT2D eigenvalue weighted by Gasteiger charge is -2.16. The third kappa shape index (κ3) is 4.37. The Hall–Kier alpha value is -0.450. The molecule has 1 aromatic rings. The van der Waals surface area contributed by atoms with Crippen LogP contribution in [0.25, 0.3) is 0 Å². The molecule has 0 fully saturated rings. The summed E-state index contributed by atoms with van der Waals surface area (Å²) >= 11 is 15.4. The van der Waals surface area contributed by atoms with Gasteiger partial charge in [0.2, 0.25) is 0 Å². The quantitative estimate of drug-likeness (QED) is 0.838. The van der Waals surface area contributed by atoms with Crippen molar-refractivity contribution in [2.45, 2.75) is 19.4 Å².